The second kappa shape index (κ2) is 17.1. The van der Waals surface area contributed by atoms with Crippen LogP contribution in [0.3, 0.4) is 0 Å². The third kappa shape index (κ3) is 7.96. The molecule has 5 aromatic rings. The zero-order chi connectivity index (χ0) is 50.0. The zero-order valence-electron chi connectivity index (χ0n) is 33.3. The topological polar surface area (TPSA) is 464 Å². The number of phenolic OH excluding ortho intramolecular Hbond substituents is 14. The molecule has 1 fully saturated rings. The number of hydrogen-bond acceptors (Lipinski definition) is 26. The fraction of sp³-hybridized carbons (Fsp3) is 0.146. The number of cyclic esters (lactones) is 1. The molecule has 5 aromatic carbocycles. The number of aromatic carboxylic acids is 1. The van der Waals surface area contributed by atoms with E-state index >= 15 is 0 Å². The maximum absolute atomic E-state index is 14.3. The molecule has 0 aromatic heterocycles. The van der Waals surface area contributed by atoms with Gasteiger partial charge in [-0.05, 0) is 36.4 Å². The minimum Gasteiger partial charge on any atom is -0.504 e. The Morgan fingerprint density at radius 2 is 1.01 bits per heavy atom. The van der Waals surface area contributed by atoms with Gasteiger partial charge in [-0.3, -0.25) is 0 Å². The Labute approximate surface area is 374 Å². The maximum Gasteiger partial charge on any atom is 0.342 e. The second-order valence-corrected chi connectivity index (χ2v) is 14.4. The number of carboxylic acids is 1. The SMILES string of the molecule is O=C(O)c1cc(O)c(O)c(Oc2c(C(=O)O[C@@H]3[C@@H](OC(=O)c4cc(O)c(O)c(O)c4)[C@@H]4OC(=O)c5cc(O)c(O)c(O)c5-c5c(cc(O)c(O)c5O)C(=O)OC[C@H]4O[C@H]3O)cc(O)c(O)c2O)c1. The van der Waals surface area contributed by atoms with E-state index in [0.29, 0.717) is 42.5 Å². The van der Waals surface area contributed by atoms with Crippen molar-refractivity contribution in [2.75, 3.05) is 6.61 Å². The highest BCUT2D eigenvalue weighted by atomic mass is 16.7. The van der Waals surface area contributed by atoms with Crippen LogP contribution in [0.15, 0.2) is 42.5 Å². The minimum absolute atomic E-state index is 0.340. The standard InChI is InChI=1S/C41H30O27/c42-14-2-10(3-15(43)24(14)48)37(58)67-34-33-21(8-63-38(59)11-5-17(45)26(50)29(53)22(11)23-12(39(60)66-33)6-18(46)27(51)30(23)54)65-41(62)35(34)68-40(61)13-7-19(47)28(52)31(55)32(13)64-20-4-9(36(56)57)1-16(44)25(20)49/h1-7,21,33-35,41-55,62H,8H2,(H,56,57)/t21-,33-,34+,35-,41-/m1/s1. The summed E-state index contributed by atoms with van der Waals surface area (Å²) >= 11 is 0. The first-order valence-electron chi connectivity index (χ1n) is 18.6. The fourth-order valence-electron chi connectivity index (χ4n) is 6.86. The lowest BCUT2D eigenvalue weighted by Gasteiger charge is -2.42. The first-order chi connectivity index (χ1) is 31.9. The van der Waals surface area contributed by atoms with Gasteiger partial charge in [0, 0.05) is 17.2 Å². The first kappa shape index (κ1) is 46.4. The third-order valence-corrected chi connectivity index (χ3v) is 10.2. The first-order valence-corrected chi connectivity index (χ1v) is 18.6. The van der Waals surface area contributed by atoms with Gasteiger partial charge in [0.2, 0.25) is 28.7 Å². The summed E-state index contributed by atoms with van der Waals surface area (Å²) in [6, 6.07) is 3.39. The van der Waals surface area contributed by atoms with Crippen LogP contribution in [0.2, 0.25) is 0 Å². The number of carbonyl (C=O) groups is 5. The van der Waals surface area contributed by atoms with Crippen molar-refractivity contribution in [3.05, 3.63) is 70.3 Å². The Hall–Kier alpha value is -9.63. The molecule has 2 heterocycles. The van der Waals surface area contributed by atoms with E-state index in [2.05, 4.69) is 0 Å². The zero-order valence-corrected chi connectivity index (χ0v) is 33.3. The fourth-order valence-corrected chi connectivity index (χ4v) is 6.86. The summed E-state index contributed by atoms with van der Waals surface area (Å²) in [7, 11) is 0. The number of rotatable bonds is 7. The van der Waals surface area contributed by atoms with Gasteiger partial charge in [-0.1, -0.05) is 0 Å². The average molecular weight is 955 g/mol. The van der Waals surface area contributed by atoms with Crippen LogP contribution in [0, 0.1) is 0 Å². The highest BCUT2D eigenvalue weighted by molar-refractivity contribution is 6.08. The van der Waals surface area contributed by atoms with Crippen molar-refractivity contribution >= 4 is 29.8 Å². The number of carbonyl (C=O) groups excluding carboxylic acids is 4. The predicted molar refractivity (Wildman–Crippen MR) is 210 cm³/mol. The number of aliphatic hydroxyl groups is 1. The van der Waals surface area contributed by atoms with Gasteiger partial charge in [-0.15, -0.1) is 0 Å². The lowest BCUT2D eigenvalue weighted by atomic mass is 9.92. The molecule has 0 bridgehead atoms. The molecule has 0 saturated carbocycles. The van der Waals surface area contributed by atoms with E-state index in [0.717, 1.165) is 0 Å². The molecule has 68 heavy (non-hydrogen) atoms. The largest absolute Gasteiger partial charge is 0.504 e. The van der Waals surface area contributed by atoms with Crippen molar-refractivity contribution < 1.29 is 134 Å². The predicted octanol–water partition coefficient (Wildman–Crippen LogP) is 1.59. The number of esters is 4. The van der Waals surface area contributed by atoms with Gasteiger partial charge in [-0.2, -0.15) is 0 Å². The van der Waals surface area contributed by atoms with Crippen LogP contribution in [0.5, 0.6) is 92.0 Å². The summed E-state index contributed by atoms with van der Waals surface area (Å²) in [5.41, 5.74) is -6.96. The van der Waals surface area contributed by atoms with Crippen LogP contribution in [0.4, 0.5) is 0 Å². The van der Waals surface area contributed by atoms with E-state index < -0.39 is 198 Å². The highest BCUT2D eigenvalue weighted by Gasteiger charge is 2.53. The molecule has 16 N–H and O–H groups in total. The minimum atomic E-state index is -2.64. The van der Waals surface area contributed by atoms with Crippen molar-refractivity contribution in [1.82, 2.24) is 0 Å². The molecule has 27 nitrogen and oxygen atoms in total. The number of aliphatic hydroxyl groups excluding tert-OH is 1. The van der Waals surface area contributed by atoms with Crippen LogP contribution in [0.25, 0.3) is 11.1 Å². The summed E-state index contributed by atoms with van der Waals surface area (Å²) in [5.74, 6) is -29.0. The van der Waals surface area contributed by atoms with Crippen LogP contribution < -0.4 is 4.74 Å². The average Bonchev–Trinajstić information content (AvgIpc) is 3.29. The van der Waals surface area contributed by atoms with Crippen LogP contribution in [0.1, 0.15) is 51.8 Å². The Kier molecular flexibility index (Phi) is 11.6. The van der Waals surface area contributed by atoms with Gasteiger partial charge < -0.3 is 110 Å². The molecule has 0 unspecified atom stereocenters. The number of benzene rings is 5. The smallest absolute Gasteiger partial charge is 0.342 e. The Balaban J connectivity index is 1.38. The summed E-state index contributed by atoms with van der Waals surface area (Å²) in [6.45, 7) is -1.21. The van der Waals surface area contributed by atoms with E-state index in [4.69, 9.17) is 28.4 Å². The Morgan fingerprint density at radius 3 is 1.59 bits per heavy atom. The van der Waals surface area contributed by atoms with Crippen molar-refractivity contribution in [1.29, 1.82) is 0 Å². The molecule has 356 valence electrons. The molecule has 0 amide bonds. The van der Waals surface area contributed by atoms with Crippen molar-refractivity contribution in [2.45, 2.75) is 30.7 Å². The summed E-state index contributed by atoms with van der Waals surface area (Å²) in [5, 5.41) is 167. The van der Waals surface area contributed by atoms with Crippen molar-refractivity contribution in [3.63, 3.8) is 0 Å². The van der Waals surface area contributed by atoms with Gasteiger partial charge in [0.15, 0.2) is 87.8 Å². The van der Waals surface area contributed by atoms with Crippen LogP contribution >= 0.6 is 0 Å². The molecular formula is C41H30O27. The lowest BCUT2D eigenvalue weighted by molar-refractivity contribution is -0.284. The van der Waals surface area contributed by atoms with Gasteiger partial charge >= 0.3 is 29.8 Å². The Bertz CT molecular complexity index is 2970. The lowest BCUT2D eigenvalue weighted by Crippen LogP contribution is -2.62. The normalized spacial score (nSPS) is 18.9. The number of fused-ring (bicyclic) bond motifs is 4. The number of ether oxygens (including phenoxy) is 6. The molecule has 7 rings (SSSR count). The van der Waals surface area contributed by atoms with Gasteiger partial charge in [0.1, 0.15) is 18.3 Å². The van der Waals surface area contributed by atoms with Crippen LogP contribution in [-0.4, -0.2) is 149 Å². The van der Waals surface area contributed by atoms with E-state index in [1.54, 1.807) is 0 Å². The molecule has 2 aliphatic heterocycles. The number of aromatic hydroxyl groups is 14. The Morgan fingerprint density at radius 1 is 0.529 bits per heavy atom. The number of carboxylic acid groups (broad SMARTS) is 1. The summed E-state index contributed by atoms with van der Waals surface area (Å²) in [6.07, 6.45) is -12.3. The van der Waals surface area contributed by atoms with E-state index in [1.165, 1.54) is 0 Å². The molecule has 27 heteroatoms. The van der Waals surface area contributed by atoms with Gasteiger partial charge in [-0.25, -0.2) is 24.0 Å². The molecule has 0 radical (unpaired) electrons. The summed E-state index contributed by atoms with van der Waals surface area (Å²) < 4.78 is 32.6. The number of hydrogen-bond donors (Lipinski definition) is 16. The van der Waals surface area contributed by atoms with Gasteiger partial charge in [0.25, 0.3) is 0 Å². The maximum atomic E-state index is 14.3. The molecule has 1 saturated heterocycles. The monoisotopic (exact) mass is 954 g/mol. The quantitative estimate of drug-likeness (QED) is 0.0625. The molecule has 0 aliphatic carbocycles. The van der Waals surface area contributed by atoms with E-state index in [-0.39, 0.29) is 0 Å². The third-order valence-electron chi connectivity index (χ3n) is 10.2. The highest BCUT2D eigenvalue weighted by Crippen LogP contribution is 2.54. The van der Waals surface area contributed by atoms with Gasteiger partial charge in [0.05, 0.1) is 22.3 Å². The van der Waals surface area contributed by atoms with E-state index in [9.17, 15) is 106 Å². The van der Waals surface area contributed by atoms with Crippen molar-refractivity contribution in [3.8, 4) is 103 Å². The molecule has 2 aliphatic rings. The number of phenols is 14. The molecular weight excluding hydrogens is 924 g/mol. The van der Waals surface area contributed by atoms with Crippen LogP contribution in [-0.2, 0) is 23.7 Å². The summed E-state index contributed by atoms with van der Waals surface area (Å²) in [4.78, 5) is 67.5. The van der Waals surface area contributed by atoms with Crippen molar-refractivity contribution in [2.24, 2.45) is 0 Å². The van der Waals surface area contributed by atoms with E-state index in [1.807, 2.05) is 0 Å². The molecule has 5 atom stereocenters. The second-order valence-electron chi connectivity index (χ2n) is 14.4. The molecule has 0 spiro atoms.